The van der Waals surface area contributed by atoms with Crippen LogP contribution in [-0.2, 0) is 61.5 Å². The van der Waals surface area contributed by atoms with Crippen molar-refractivity contribution in [2.75, 3.05) is 47.5 Å². The van der Waals surface area contributed by atoms with Crippen LogP contribution in [0.1, 0.15) is 102 Å². The van der Waals surface area contributed by atoms with E-state index >= 15 is 0 Å². The molecule has 10 N–H and O–H groups in total. The first kappa shape index (κ1) is 62.2. The number of H-pyrrole nitrogens is 2. The second kappa shape index (κ2) is 26.2. The monoisotopic (exact) mass is 1190 g/mol. The number of para-hydroxylation sites is 2. The molecule has 0 spiro atoms. The molecule has 23 nitrogen and oxygen atoms in total. The second-order valence-electron chi connectivity index (χ2n) is 21.4. The van der Waals surface area contributed by atoms with Gasteiger partial charge in [0.2, 0.25) is 29.4 Å². The van der Waals surface area contributed by atoms with Gasteiger partial charge in [-0.25, -0.2) is 18.0 Å². The summed E-state index contributed by atoms with van der Waals surface area (Å²) < 4.78 is 69.3. The van der Waals surface area contributed by atoms with Crippen molar-refractivity contribution in [3.63, 3.8) is 0 Å². The molecule has 7 rings (SSSR count). The lowest BCUT2D eigenvalue weighted by Crippen LogP contribution is -2.47. The maximum absolute atomic E-state index is 13.5. The van der Waals surface area contributed by atoms with Crippen LogP contribution in [0.25, 0.3) is 11.0 Å². The smallest absolute Gasteiger partial charge is 0.327 e. The fourth-order valence-corrected chi connectivity index (χ4v) is 13.0. The van der Waals surface area contributed by atoms with Gasteiger partial charge in [-0.05, 0) is 93.7 Å². The maximum atomic E-state index is 13.5. The molecule has 2 atom stereocenters. The minimum absolute atomic E-state index is 0.128. The number of nitrogens with one attached hydrogen (secondary N) is 5. The summed E-state index contributed by atoms with van der Waals surface area (Å²) in [5, 5.41) is 27.8. The summed E-state index contributed by atoms with van der Waals surface area (Å²) in [5.74, 6) is -6.27. The molecule has 3 amide bonds. The van der Waals surface area contributed by atoms with E-state index in [0.717, 1.165) is 56.4 Å². The predicted octanol–water partition coefficient (Wildman–Crippen LogP) is 4.82. The molecule has 2 aliphatic heterocycles. The summed E-state index contributed by atoms with van der Waals surface area (Å²) in [5.41, 5.74) is 12.2. The Morgan fingerprint density at radius 1 is 0.854 bits per heavy atom. The van der Waals surface area contributed by atoms with Gasteiger partial charge in [0.1, 0.15) is 24.3 Å². The molecule has 26 heteroatoms. The standard InChI is InChI=1S/C56H69N9O14S3/c1-55(2)38-16-5-7-18-42(38)64(26-9-11-28-81(74,75)76)44(55)23-20-34-14-13-15-35(21-24-45-56(3,4)39-17-6-8-19-43(39)65(45)27-10-12-29-82(77,78)79)49(34)80-33-41(53(72)73)61-46(66)25-22-40(52(70)71)60-48(68)32-58-47(67)31-36-30-37-50(59-36)62-54(57)63-51(37)69/h5-8,16-21,23-24,30,40-41H,9-15,22,25-29,31-33H2,1-4H3,(H10-,57,58,59,60,61,62,63,66,67,68,69,70,71,72,73,74,75,76,77,78,79)/t40-,41+/m0/s1. The first-order valence-corrected chi connectivity index (χ1v) is 30.9. The number of carboxylic acids is 2. The van der Waals surface area contributed by atoms with E-state index in [-0.39, 0.29) is 47.7 Å². The number of aliphatic carboxylic acids is 2. The van der Waals surface area contributed by atoms with Crippen molar-refractivity contribution in [2.24, 2.45) is 0 Å². The highest BCUT2D eigenvalue weighted by molar-refractivity contribution is 8.03. The van der Waals surface area contributed by atoms with Gasteiger partial charge >= 0.3 is 11.9 Å². The number of carboxylic acid groups (broad SMARTS) is 2. The normalized spacial score (nSPS) is 17.6. The Morgan fingerprint density at radius 3 is 2.24 bits per heavy atom. The third kappa shape index (κ3) is 15.8. The number of thioether (sulfide) groups is 1. The first-order valence-electron chi connectivity index (χ1n) is 26.8. The van der Waals surface area contributed by atoms with Crippen molar-refractivity contribution in [3.8, 4) is 0 Å². The molecule has 1 aliphatic carbocycles. The van der Waals surface area contributed by atoms with Crippen LogP contribution in [0.2, 0.25) is 0 Å². The molecule has 2 aromatic heterocycles. The zero-order valence-electron chi connectivity index (χ0n) is 46.0. The van der Waals surface area contributed by atoms with E-state index < -0.39 is 104 Å². The van der Waals surface area contributed by atoms with Crippen LogP contribution in [0.15, 0.2) is 105 Å². The molecule has 0 unspecified atom stereocenters. The summed E-state index contributed by atoms with van der Waals surface area (Å²) in [6.45, 7) is 8.66. The number of hydrogen-bond acceptors (Lipinski definition) is 15. The number of carbonyl (C=O) groups is 5. The second-order valence-corrected chi connectivity index (χ2v) is 25.6. The van der Waals surface area contributed by atoms with E-state index in [1.54, 1.807) is 0 Å². The molecule has 0 radical (unpaired) electrons. The fourth-order valence-electron chi connectivity index (χ4n) is 10.6. The summed E-state index contributed by atoms with van der Waals surface area (Å²) in [6, 6.07) is 14.2. The van der Waals surface area contributed by atoms with E-state index in [4.69, 9.17) is 5.73 Å². The Kier molecular flexibility index (Phi) is 19.9. The number of nitrogens with two attached hydrogens (primary N) is 1. The number of fused-ring (bicyclic) bond motifs is 3. The number of unbranched alkanes of at least 4 members (excludes halogenated alkanes) is 2. The van der Waals surface area contributed by atoms with Crippen molar-refractivity contribution in [1.29, 1.82) is 0 Å². The Morgan fingerprint density at radius 2 is 1.54 bits per heavy atom. The van der Waals surface area contributed by atoms with Crippen molar-refractivity contribution in [2.45, 2.75) is 115 Å². The molecule has 2 aromatic carbocycles. The number of aromatic nitrogens is 3. The number of nitrogen functional groups attached to an aromatic ring is 1. The van der Waals surface area contributed by atoms with Gasteiger partial charge in [-0.1, -0.05) is 62.4 Å². The molecule has 0 bridgehead atoms. The Balaban J connectivity index is 1.11. The number of anilines is 2. The molecule has 82 heavy (non-hydrogen) atoms. The number of carbonyl (C=O) groups excluding carboxylic acids is 3. The lowest BCUT2D eigenvalue weighted by atomic mass is 9.81. The van der Waals surface area contributed by atoms with Crippen LogP contribution in [0, 0.1) is 0 Å². The number of nitrogens with zero attached hydrogens (tertiary/aromatic N) is 3. The number of rotatable bonds is 27. The molecule has 440 valence electrons. The topological polar surface area (TPSA) is 367 Å². The first-order chi connectivity index (χ1) is 38.6. The van der Waals surface area contributed by atoms with Crippen molar-refractivity contribution >= 4 is 95.7 Å². The molecular weight excluding hydrogens is 1120 g/mol. The highest BCUT2D eigenvalue weighted by Gasteiger charge is 2.44. The molecule has 4 heterocycles. The molecular formula is C56H69N9O14S3. The predicted molar refractivity (Wildman–Crippen MR) is 310 cm³/mol. The van der Waals surface area contributed by atoms with E-state index in [9.17, 15) is 64.9 Å². The van der Waals surface area contributed by atoms with Gasteiger partial charge in [0.25, 0.3) is 15.7 Å². The maximum Gasteiger partial charge on any atom is 0.327 e. The van der Waals surface area contributed by atoms with Gasteiger partial charge < -0.3 is 46.3 Å². The molecule has 3 aliphatic rings. The minimum atomic E-state index is -4.40. The van der Waals surface area contributed by atoms with Gasteiger partial charge in [-0.15, -0.1) is 11.8 Å². The van der Waals surface area contributed by atoms with Crippen LogP contribution in [-0.4, -0.2) is 140 Å². The fraction of sp³-hybridized carbons (Fsp3) is 0.429. The average molecular weight is 1190 g/mol. The number of allylic oxidation sites excluding steroid dienone is 7. The van der Waals surface area contributed by atoms with Crippen LogP contribution < -0.4 is 32.1 Å². The Hall–Kier alpha value is -7.39. The summed E-state index contributed by atoms with van der Waals surface area (Å²) >= 11 is 1.24. The van der Waals surface area contributed by atoms with E-state index in [1.807, 2.05) is 72.8 Å². The van der Waals surface area contributed by atoms with E-state index in [0.29, 0.717) is 44.5 Å². The number of benzene rings is 2. The van der Waals surface area contributed by atoms with Gasteiger partial charge in [0, 0.05) is 76.0 Å². The SMILES string of the molecule is CC1(C)C(/C=C/C2=C(SC[C@@H](NC(=O)CC[C@H](NC(=O)CNC(=O)Cc3cc4c(=O)[nH]c(N)nc4[nH]3)C(=O)O)C(=O)O)C(=C/C=C3/N(CCCCS(=O)(=O)[O-])c4ccccc4C3(C)C)/CCC2)=[N+](CCCCS(=O)(=O)O)c2ccccc21. The zero-order valence-corrected chi connectivity index (χ0v) is 48.4. The third-order valence-electron chi connectivity index (χ3n) is 14.7. The van der Waals surface area contributed by atoms with Crippen molar-refractivity contribution in [1.82, 2.24) is 30.9 Å². The molecule has 4 aromatic rings. The number of aromatic amines is 2. The quantitative estimate of drug-likeness (QED) is 0.0220. The van der Waals surface area contributed by atoms with E-state index in [2.05, 4.69) is 68.1 Å². The average Bonchev–Trinajstić information content (AvgIpc) is 4.23. The van der Waals surface area contributed by atoms with Gasteiger partial charge in [0.05, 0.1) is 39.6 Å². The van der Waals surface area contributed by atoms with E-state index in [1.165, 1.54) is 17.8 Å². The Labute approximate surface area is 479 Å². The summed E-state index contributed by atoms with van der Waals surface area (Å²) in [6.07, 6.45) is 10.1. The van der Waals surface area contributed by atoms with Crippen molar-refractivity contribution in [3.05, 3.63) is 128 Å². The zero-order chi connectivity index (χ0) is 59.7. The summed E-state index contributed by atoms with van der Waals surface area (Å²) in [7, 11) is -8.56. The lowest BCUT2D eigenvalue weighted by molar-refractivity contribution is -0.438. The van der Waals surface area contributed by atoms with Gasteiger partial charge in [-0.2, -0.15) is 18.0 Å². The summed E-state index contributed by atoms with van der Waals surface area (Å²) in [4.78, 5) is 88.3. The van der Waals surface area contributed by atoms with Crippen LogP contribution in [0.4, 0.5) is 17.3 Å². The minimum Gasteiger partial charge on any atom is -0.748 e. The number of hydrogen-bond donors (Lipinski definition) is 9. The van der Waals surface area contributed by atoms with Gasteiger partial charge in [-0.3, -0.25) is 28.7 Å². The molecule has 0 saturated carbocycles. The highest BCUT2D eigenvalue weighted by atomic mass is 32.2. The third-order valence-corrected chi connectivity index (χ3v) is 17.6. The lowest BCUT2D eigenvalue weighted by Gasteiger charge is -2.28. The Bertz CT molecular complexity index is 3600. The van der Waals surface area contributed by atoms with Crippen molar-refractivity contribution < 1.29 is 64.7 Å². The van der Waals surface area contributed by atoms with Crippen LogP contribution in [0.3, 0.4) is 0 Å². The van der Waals surface area contributed by atoms with Gasteiger partial charge in [0.15, 0.2) is 5.71 Å². The highest BCUT2D eigenvalue weighted by Crippen LogP contribution is 2.48. The van der Waals surface area contributed by atoms with Crippen LogP contribution >= 0.6 is 11.8 Å². The number of amides is 3. The largest absolute Gasteiger partial charge is 0.748 e. The van der Waals surface area contributed by atoms with Crippen LogP contribution in [0.5, 0.6) is 0 Å². The molecule has 0 saturated heterocycles. The molecule has 0 fully saturated rings.